The minimum absolute atomic E-state index is 0.0316. The average Bonchev–Trinajstić information content (AvgIpc) is 3.23. The molecular formula is C26H29N3O2. The van der Waals surface area contributed by atoms with E-state index in [0.717, 1.165) is 24.2 Å². The number of alkyl carbamates (subject to hydrolysis) is 1. The zero-order valence-electron chi connectivity index (χ0n) is 18.1. The molecule has 0 aliphatic carbocycles. The smallest absolute Gasteiger partial charge is 0.407 e. The largest absolute Gasteiger partial charge is 0.445 e. The zero-order valence-corrected chi connectivity index (χ0v) is 18.1. The number of para-hydroxylation sites is 1. The van der Waals surface area contributed by atoms with Gasteiger partial charge in [-0.1, -0.05) is 60.7 Å². The standard InChI is InChI=1S/C26H29N3O2/c1-28(2)23-14-12-22(13-15-23)25(29-17-16-21-10-6-7-11-24(21)29)18-27-26(30)31-19-20-8-4-3-5-9-20/h3-15,25H,16-19H2,1-2H3,(H,27,30)/t25-/m1/s1. The summed E-state index contributed by atoms with van der Waals surface area (Å²) in [7, 11) is 4.07. The van der Waals surface area contributed by atoms with E-state index in [1.165, 1.54) is 16.8 Å². The summed E-state index contributed by atoms with van der Waals surface area (Å²) in [6.07, 6.45) is 0.618. The normalized spacial score (nSPS) is 13.4. The van der Waals surface area contributed by atoms with E-state index in [0.29, 0.717) is 6.54 Å². The minimum atomic E-state index is -0.397. The van der Waals surface area contributed by atoms with Gasteiger partial charge in [-0.3, -0.25) is 0 Å². The molecule has 0 saturated carbocycles. The lowest BCUT2D eigenvalue weighted by Crippen LogP contribution is -2.37. The highest BCUT2D eigenvalue weighted by Crippen LogP contribution is 2.35. The molecule has 31 heavy (non-hydrogen) atoms. The van der Waals surface area contributed by atoms with Crippen LogP contribution in [0.3, 0.4) is 0 Å². The number of hydrogen-bond donors (Lipinski definition) is 1. The third-order valence-electron chi connectivity index (χ3n) is 5.75. The molecule has 0 unspecified atom stereocenters. The third kappa shape index (κ3) is 5.00. The summed E-state index contributed by atoms with van der Waals surface area (Å²) >= 11 is 0. The number of carbonyl (C=O) groups excluding carboxylic acids is 1. The topological polar surface area (TPSA) is 44.8 Å². The molecule has 1 aliphatic rings. The van der Waals surface area contributed by atoms with E-state index in [-0.39, 0.29) is 12.6 Å². The number of nitrogens with zero attached hydrogens (tertiary/aromatic N) is 2. The second-order valence-corrected chi connectivity index (χ2v) is 8.02. The Balaban J connectivity index is 1.48. The molecular weight excluding hydrogens is 386 g/mol. The maximum atomic E-state index is 12.4. The van der Waals surface area contributed by atoms with Gasteiger partial charge in [-0.2, -0.15) is 0 Å². The number of nitrogens with one attached hydrogen (secondary N) is 1. The molecule has 160 valence electrons. The Labute approximate surface area is 184 Å². The molecule has 3 aromatic carbocycles. The van der Waals surface area contributed by atoms with Crippen LogP contribution in [0.15, 0.2) is 78.9 Å². The summed E-state index contributed by atoms with van der Waals surface area (Å²) in [5.41, 5.74) is 5.89. The zero-order chi connectivity index (χ0) is 21.6. The van der Waals surface area contributed by atoms with Gasteiger partial charge < -0.3 is 19.9 Å². The molecule has 0 spiro atoms. The van der Waals surface area contributed by atoms with Crippen LogP contribution in [0.5, 0.6) is 0 Å². The van der Waals surface area contributed by atoms with Gasteiger partial charge in [0.2, 0.25) is 0 Å². The fourth-order valence-corrected chi connectivity index (χ4v) is 4.04. The van der Waals surface area contributed by atoms with Gasteiger partial charge in [0, 0.05) is 38.6 Å². The Bertz CT molecular complexity index is 1000. The predicted octanol–water partition coefficient (Wildman–Crippen LogP) is 4.78. The van der Waals surface area contributed by atoms with E-state index in [9.17, 15) is 4.79 Å². The lowest BCUT2D eigenvalue weighted by molar-refractivity contribution is 0.139. The van der Waals surface area contributed by atoms with Gasteiger partial charge in [0.05, 0.1) is 6.04 Å². The van der Waals surface area contributed by atoms with Crippen LogP contribution in [0.2, 0.25) is 0 Å². The van der Waals surface area contributed by atoms with Crippen LogP contribution < -0.4 is 15.1 Å². The number of anilines is 2. The summed E-state index contributed by atoms with van der Waals surface area (Å²) in [4.78, 5) is 16.9. The maximum absolute atomic E-state index is 12.4. The number of benzene rings is 3. The van der Waals surface area contributed by atoms with Crippen LogP contribution in [0.4, 0.5) is 16.2 Å². The van der Waals surface area contributed by atoms with Crippen LogP contribution >= 0.6 is 0 Å². The first-order valence-electron chi connectivity index (χ1n) is 10.7. The summed E-state index contributed by atoms with van der Waals surface area (Å²) in [6.45, 7) is 1.67. The number of amides is 1. The van der Waals surface area contributed by atoms with Gasteiger partial charge in [0.25, 0.3) is 0 Å². The number of hydrogen-bond acceptors (Lipinski definition) is 4. The van der Waals surface area contributed by atoms with E-state index in [4.69, 9.17) is 4.74 Å². The molecule has 0 fully saturated rings. The molecule has 5 nitrogen and oxygen atoms in total. The number of ether oxygens (including phenoxy) is 1. The van der Waals surface area contributed by atoms with E-state index >= 15 is 0 Å². The van der Waals surface area contributed by atoms with Crippen LogP contribution in [0.25, 0.3) is 0 Å². The van der Waals surface area contributed by atoms with Crippen molar-refractivity contribution in [3.05, 3.63) is 95.6 Å². The van der Waals surface area contributed by atoms with Crippen molar-refractivity contribution < 1.29 is 9.53 Å². The Morgan fingerprint density at radius 3 is 2.45 bits per heavy atom. The minimum Gasteiger partial charge on any atom is -0.445 e. The second-order valence-electron chi connectivity index (χ2n) is 8.02. The van der Waals surface area contributed by atoms with Gasteiger partial charge >= 0.3 is 6.09 Å². The predicted molar refractivity (Wildman–Crippen MR) is 126 cm³/mol. The highest BCUT2D eigenvalue weighted by Gasteiger charge is 2.27. The summed E-state index contributed by atoms with van der Waals surface area (Å²) < 4.78 is 5.42. The van der Waals surface area contributed by atoms with E-state index in [1.807, 2.05) is 44.4 Å². The van der Waals surface area contributed by atoms with Gasteiger partial charge in [-0.25, -0.2) is 4.79 Å². The first-order chi connectivity index (χ1) is 15.1. The van der Waals surface area contributed by atoms with Crippen molar-refractivity contribution in [2.45, 2.75) is 19.1 Å². The molecule has 0 saturated heterocycles. The van der Waals surface area contributed by atoms with Crippen molar-refractivity contribution >= 4 is 17.5 Å². The van der Waals surface area contributed by atoms with Crippen molar-refractivity contribution in [3.63, 3.8) is 0 Å². The molecule has 1 N–H and O–H groups in total. The molecule has 1 heterocycles. The van der Waals surface area contributed by atoms with E-state index in [2.05, 4.69) is 63.6 Å². The van der Waals surface area contributed by atoms with Crippen molar-refractivity contribution in [2.24, 2.45) is 0 Å². The Morgan fingerprint density at radius 1 is 1.00 bits per heavy atom. The average molecular weight is 416 g/mol. The fraction of sp³-hybridized carbons (Fsp3) is 0.269. The Kier molecular flexibility index (Phi) is 6.41. The first kappa shape index (κ1) is 20.8. The second kappa shape index (κ2) is 9.56. The Hall–Kier alpha value is -3.47. The van der Waals surface area contributed by atoms with Crippen molar-refractivity contribution in [3.8, 4) is 0 Å². The lowest BCUT2D eigenvalue weighted by atomic mass is 10.0. The van der Waals surface area contributed by atoms with Crippen LogP contribution in [0.1, 0.15) is 22.7 Å². The molecule has 5 heteroatoms. The summed E-state index contributed by atoms with van der Waals surface area (Å²) in [5, 5.41) is 2.98. The van der Waals surface area contributed by atoms with Crippen LogP contribution in [-0.4, -0.2) is 33.3 Å². The molecule has 0 bridgehead atoms. The monoisotopic (exact) mass is 415 g/mol. The number of fused-ring (bicyclic) bond motifs is 1. The molecule has 3 aromatic rings. The molecule has 0 radical (unpaired) electrons. The molecule has 4 rings (SSSR count). The van der Waals surface area contributed by atoms with Crippen molar-refractivity contribution in [2.75, 3.05) is 37.0 Å². The Morgan fingerprint density at radius 2 is 1.71 bits per heavy atom. The van der Waals surface area contributed by atoms with Crippen LogP contribution in [-0.2, 0) is 17.8 Å². The van der Waals surface area contributed by atoms with Gasteiger partial charge in [0.15, 0.2) is 0 Å². The highest BCUT2D eigenvalue weighted by atomic mass is 16.5. The number of carbonyl (C=O) groups is 1. The fourth-order valence-electron chi connectivity index (χ4n) is 4.04. The molecule has 1 atom stereocenters. The first-order valence-corrected chi connectivity index (χ1v) is 10.7. The summed E-state index contributed by atoms with van der Waals surface area (Å²) in [6, 6.07) is 26.8. The van der Waals surface area contributed by atoms with Crippen molar-refractivity contribution in [1.29, 1.82) is 0 Å². The van der Waals surface area contributed by atoms with Gasteiger partial charge in [-0.05, 0) is 41.3 Å². The van der Waals surface area contributed by atoms with Crippen molar-refractivity contribution in [1.82, 2.24) is 5.32 Å². The van der Waals surface area contributed by atoms with Crippen LogP contribution in [0, 0.1) is 0 Å². The highest BCUT2D eigenvalue weighted by molar-refractivity contribution is 5.68. The maximum Gasteiger partial charge on any atom is 0.407 e. The molecule has 1 amide bonds. The van der Waals surface area contributed by atoms with Gasteiger partial charge in [0.1, 0.15) is 6.61 Å². The lowest BCUT2D eigenvalue weighted by Gasteiger charge is -2.31. The molecule has 1 aliphatic heterocycles. The summed E-state index contributed by atoms with van der Waals surface area (Å²) in [5.74, 6) is 0. The van der Waals surface area contributed by atoms with E-state index in [1.54, 1.807) is 0 Å². The SMILES string of the molecule is CN(C)c1ccc([C@@H](CNC(=O)OCc2ccccc2)N2CCc3ccccc32)cc1. The number of rotatable bonds is 7. The van der Waals surface area contributed by atoms with Gasteiger partial charge in [-0.15, -0.1) is 0 Å². The van der Waals surface area contributed by atoms with E-state index < -0.39 is 6.09 Å². The quantitative estimate of drug-likeness (QED) is 0.603. The molecule has 0 aromatic heterocycles. The third-order valence-corrected chi connectivity index (χ3v) is 5.75.